The maximum atomic E-state index is 3.62. The summed E-state index contributed by atoms with van der Waals surface area (Å²) in [4.78, 5) is 0. The summed E-state index contributed by atoms with van der Waals surface area (Å²) in [5, 5.41) is 2.17. The molecule has 0 amide bonds. The second-order valence-electron chi connectivity index (χ2n) is 3.89. The van der Waals surface area contributed by atoms with Crippen molar-refractivity contribution in [2.24, 2.45) is 5.41 Å². The van der Waals surface area contributed by atoms with Crippen LogP contribution >= 0.6 is 31.9 Å². The minimum absolute atomic E-state index is 0.420. The van der Waals surface area contributed by atoms with Crippen LogP contribution in [0.25, 0.3) is 0 Å². The van der Waals surface area contributed by atoms with E-state index >= 15 is 0 Å². The van der Waals surface area contributed by atoms with Crippen LogP contribution in [0.15, 0.2) is 24.3 Å². The molecule has 1 aromatic rings. The highest BCUT2D eigenvalue weighted by Crippen LogP contribution is 2.39. The maximum absolute atomic E-state index is 3.62. The summed E-state index contributed by atoms with van der Waals surface area (Å²) in [5.74, 6) is 0. The molecule has 1 aliphatic carbocycles. The molecule has 2 rings (SSSR count). The Bertz CT molecular complexity index is 276. The van der Waals surface area contributed by atoms with Crippen molar-refractivity contribution in [3.63, 3.8) is 0 Å². The Hall–Kier alpha value is 0.180. The van der Waals surface area contributed by atoms with E-state index in [1.807, 2.05) is 0 Å². The van der Waals surface area contributed by atoms with Gasteiger partial charge in [-0.3, -0.25) is 0 Å². The molecular weight excluding hydrogens is 292 g/mol. The van der Waals surface area contributed by atoms with Crippen LogP contribution in [0.3, 0.4) is 0 Å². The van der Waals surface area contributed by atoms with Gasteiger partial charge >= 0.3 is 0 Å². The molecule has 0 aromatic heterocycles. The van der Waals surface area contributed by atoms with Gasteiger partial charge in [0.25, 0.3) is 0 Å². The van der Waals surface area contributed by atoms with E-state index in [9.17, 15) is 0 Å². The summed E-state index contributed by atoms with van der Waals surface area (Å²) in [5.41, 5.74) is 3.48. The van der Waals surface area contributed by atoms with Crippen molar-refractivity contribution in [1.29, 1.82) is 0 Å². The number of hydrogen-bond acceptors (Lipinski definition) is 0. The third-order valence-corrected chi connectivity index (χ3v) is 5.20. The lowest BCUT2D eigenvalue weighted by atomic mass is 9.90. The highest BCUT2D eigenvalue weighted by molar-refractivity contribution is 9.09. The molecule has 0 atom stereocenters. The normalized spacial score (nSPS) is 18.6. The molecular formula is C11H12Br2. The van der Waals surface area contributed by atoms with Gasteiger partial charge in [0.05, 0.1) is 0 Å². The number of fused-ring (bicyclic) bond motifs is 1. The largest absolute Gasteiger partial charge is 0.0921 e. The highest BCUT2D eigenvalue weighted by atomic mass is 79.9. The molecule has 0 N–H and O–H groups in total. The summed E-state index contributed by atoms with van der Waals surface area (Å²) in [6.45, 7) is 0. The van der Waals surface area contributed by atoms with Gasteiger partial charge in [0.1, 0.15) is 0 Å². The second kappa shape index (κ2) is 3.74. The van der Waals surface area contributed by atoms with Gasteiger partial charge in [0, 0.05) is 10.7 Å². The van der Waals surface area contributed by atoms with E-state index in [4.69, 9.17) is 0 Å². The first kappa shape index (κ1) is 9.72. The quantitative estimate of drug-likeness (QED) is 0.733. The Morgan fingerprint density at radius 2 is 1.46 bits per heavy atom. The van der Waals surface area contributed by atoms with Gasteiger partial charge in [0.2, 0.25) is 0 Å². The molecule has 0 radical (unpaired) electrons. The average Bonchev–Trinajstić information content (AvgIpc) is 2.57. The Labute approximate surface area is 96.0 Å². The molecule has 1 aliphatic rings. The third-order valence-electron chi connectivity index (χ3n) is 2.82. The lowest BCUT2D eigenvalue weighted by Crippen LogP contribution is -2.24. The second-order valence-corrected chi connectivity index (χ2v) is 5.01. The SMILES string of the molecule is BrCC1(CBr)Cc2ccccc2C1. The van der Waals surface area contributed by atoms with E-state index < -0.39 is 0 Å². The zero-order valence-electron chi connectivity index (χ0n) is 7.39. The molecule has 0 saturated heterocycles. The van der Waals surface area contributed by atoms with Crippen molar-refractivity contribution >= 4 is 31.9 Å². The molecule has 0 fully saturated rings. The van der Waals surface area contributed by atoms with Gasteiger partial charge < -0.3 is 0 Å². The molecule has 0 bridgehead atoms. The summed E-state index contributed by atoms with van der Waals surface area (Å²) < 4.78 is 0. The molecule has 0 aliphatic heterocycles. The maximum Gasteiger partial charge on any atom is 0.0102 e. The fourth-order valence-electron chi connectivity index (χ4n) is 2.00. The first-order valence-electron chi connectivity index (χ1n) is 4.48. The van der Waals surface area contributed by atoms with Gasteiger partial charge in [-0.05, 0) is 29.4 Å². The zero-order valence-corrected chi connectivity index (χ0v) is 10.6. The van der Waals surface area contributed by atoms with Crippen LogP contribution in [0.2, 0.25) is 0 Å². The van der Waals surface area contributed by atoms with Crippen molar-refractivity contribution < 1.29 is 0 Å². The average molecular weight is 304 g/mol. The van der Waals surface area contributed by atoms with Crippen LogP contribution < -0.4 is 0 Å². The fourth-order valence-corrected chi connectivity index (χ4v) is 3.72. The number of halogens is 2. The number of hydrogen-bond donors (Lipinski definition) is 0. The first-order chi connectivity index (χ1) is 6.29. The van der Waals surface area contributed by atoms with E-state index in [1.54, 1.807) is 0 Å². The van der Waals surface area contributed by atoms with Crippen molar-refractivity contribution in [3.05, 3.63) is 35.4 Å². The van der Waals surface area contributed by atoms with Crippen molar-refractivity contribution in [3.8, 4) is 0 Å². The summed E-state index contributed by atoms with van der Waals surface area (Å²) in [6.07, 6.45) is 2.42. The molecule has 0 spiro atoms. The van der Waals surface area contributed by atoms with E-state index in [0.29, 0.717) is 5.41 Å². The molecule has 0 unspecified atom stereocenters. The number of alkyl halides is 2. The molecule has 2 heteroatoms. The standard InChI is InChI=1S/C11H12Br2/c12-7-11(8-13)5-9-3-1-2-4-10(9)6-11/h1-4H,5-8H2. The van der Waals surface area contributed by atoms with Crippen LogP contribution in [-0.2, 0) is 12.8 Å². The van der Waals surface area contributed by atoms with E-state index in [-0.39, 0.29) is 0 Å². The van der Waals surface area contributed by atoms with Crippen LogP contribution in [0, 0.1) is 5.41 Å². The molecule has 0 heterocycles. The van der Waals surface area contributed by atoms with Crippen LogP contribution in [-0.4, -0.2) is 10.7 Å². The minimum Gasteiger partial charge on any atom is -0.0921 e. The third kappa shape index (κ3) is 1.71. The molecule has 1 aromatic carbocycles. The van der Waals surface area contributed by atoms with E-state index in [0.717, 1.165) is 10.7 Å². The molecule has 13 heavy (non-hydrogen) atoms. The van der Waals surface area contributed by atoms with E-state index in [1.165, 1.54) is 24.0 Å². The molecule has 0 saturated carbocycles. The Morgan fingerprint density at radius 1 is 1.00 bits per heavy atom. The lowest BCUT2D eigenvalue weighted by molar-refractivity contribution is 0.419. The number of benzene rings is 1. The fraction of sp³-hybridized carbons (Fsp3) is 0.455. The predicted molar refractivity (Wildman–Crippen MR) is 63.9 cm³/mol. The van der Waals surface area contributed by atoms with Crippen molar-refractivity contribution in [1.82, 2.24) is 0 Å². The molecule has 0 nitrogen and oxygen atoms in total. The van der Waals surface area contributed by atoms with Gasteiger partial charge in [-0.2, -0.15) is 0 Å². The predicted octanol–water partition coefficient (Wildman–Crippen LogP) is 3.56. The van der Waals surface area contributed by atoms with Crippen LogP contribution in [0.1, 0.15) is 11.1 Å². The summed E-state index contributed by atoms with van der Waals surface area (Å²) >= 11 is 7.24. The number of rotatable bonds is 2. The van der Waals surface area contributed by atoms with E-state index in [2.05, 4.69) is 56.1 Å². The van der Waals surface area contributed by atoms with Gasteiger partial charge in [-0.1, -0.05) is 56.1 Å². The van der Waals surface area contributed by atoms with Crippen LogP contribution in [0.4, 0.5) is 0 Å². The van der Waals surface area contributed by atoms with Crippen LogP contribution in [0.5, 0.6) is 0 Å². The van der Waals surface area contributed by atoms with Crippen molar-refractivity contribution in [2.45, 2.75) is 12.8 Å². The van der Waals surface area contributed by atoms with Crippen molar-refractivity contribution in [2.75, 3.05) is 10.7 Å². The first-order valence-corrected chi connectivity index (χ1v) is 6.73. The van der Waals surface area contributed by atoms with Gasteiger partial charge in [0.15, 0.2) is 0 Å². The Balaban J connectivity index is 2.30. The lowest BCUT2D eigenvalue weighted by Gasteiger charge is -2.23. The molecule has 70 valence electrons. The summed E-state index contributed by atoms with van der Waals surface area (Å²) in [6, 6.07) is 8.78. The smallest absolute Gasteiger partial charge is 0.0102 e. The highest BCUT2D eigenvalue weighted by Gasteiger charge is 2.34. The Kier molecular flexibility index (Phi) is 2.80. The minimum atomic E-state index is 0.420. The Morgan fingerprint density at radius 3 is 1.85 bits per heavy atom. The topological polar surface area (TPSA) is 0 Å². The monoisotopic (exact) mass is 302 g/mol. The summed E-state index contributed by atoms with van der Waals surface area (Å²) in [7, 11) is 0. The zero-order chi connectivity index (χ0) is 9.31. The van der Waals surface area contributed by atoms with Gasteiger partial charge in [-0.25, -0.2) is 0 Å². The van der Waals surface area contributed by atoms with Gasteiger partial charge in [-0.15, -0.1) is 0 Å².